The van der Waals surface area contributed by atoms with E-state index in [0.717, 1.165) is 11.3 Å². The van der Waals surface area contributed by atoms with Crippen LogP contribution in [0.3, 0.4) is 0 Å². The standard InChI is InChI=1S/C18H15FN2O4S2/c19-16-14(7-4-9-20-16)15-11-12(8-10-21-18(22)23)26-17(15)27(24,25)13-5-2-1-3-6-13/h1-7,9,11,21H,8,10H2,(H,22,23). The molecule has 3 rings (SSSR count). The molecule has 0 aliphatic carbocycles. The Morgan fingerprint density at radius 3 is 2.56 bits per heavy atom. The maximum absolute atomic E-state index is 14.2. The number of carbonyl (C=O) groups is 1. The number of nitrogens with one attached hydrogen (secondary N) is 1. The van der Waals surface area contributed by atoms with Crippen molar-refractivity contribution >= 4 is 27.3 Å². The van der Waals surface area contributed by atoms with Crippen LogP contribution in [-0.2, 0) is 16.3 Å². The van der Waals surface area contributed by atoms with E-state index in [0.29, 0.717) is 4.88 Å². The van der Waals surface area contributed by atoms with Gasteiger partial charge in [-0.15, -0.1) is 11.3 Å². The van der Waals surface area contributed by atoms with Gasteiger partial charge in [0.1, 0.15) is 4.21 Å². The second-order valence-electron chi connectivity index (χ2n) is 5.55. The zero-order chi connectivity index (χ0) is 19.4. The van der Waals surface area contributed by atoms with E-state index in [4.69, 9.17) is 5.11 Å². The number of pyridine rings is 1. The number of nitrogens with zero attached hydrogens (tertiary/aromatic N) is 1. The van der Waals surface area contributed by atoms with Gasteiger partial charge in [-0.1, -0.05) is 18.2 Å². The van der Waals surface area contributed by atoms with Gasteiger partial charge < -0.3 is 10.4 Å². The summed E-state index contributed by atoms with van der Waals surface area (Å²) in [4.78, 5) is 14.9. The smallest absolute Gasteiger partial charge is 0.404 e. The van der Waals surface area contributed by atoms with Crippen molar-refractivity contribution in [2.45, 2.75) is 15.5 Å². The van der Waals surface area contributed by atoms with E-state index in [1.54, 1.807) is 24.3 Å². The molecule has 3 aromatic rings. The second kappa shape index (κ2) is 7.85. The minimum atomic E-state index is -3.87. The van der Waals surface area contributed by atoms with Crippen molar-refractivity contribution in [3.05, 3.63) is 65.6 Å². The van der Waals surface area contributed by atoms with Crippen LogP contribution in [0.15, 0.2) is 63.8 Å². The van der Waals surface area contributed by atoms with E-state index in [1.807, 2.05) is 0 Å². The highest BCUT2D eigenvalue weighted by Gasteiger charge is 2.26. The number of hydrogen-bond donors (Lipinski definition) is 2. The quantitative estimate of drug-likeness (QED) is 0.610. The van der Waals surface area contributed by atoms with E-state index in [1.165, 1.54) is 30.5 Å². The molecule has 2 heterocycles. The van der Waals surface area contributed by atoms with Crippen molar-refractivity contribution in [1.82, 2.24) is 10.3 Å². The average Bonchev–Trinajstić information content (AvgIpc) is 3.07. The van der Waals surface area contributed by atoms with Gasteiger partial charge in [0.25, 0.3) is 0 Å². The fraction of sp³-hybridized carbons (Fsp3) is 0.111. The van der Waals surface area contributed by atoms with Crippen LogP contribution in [0.25, 0.3) is 11.1 Å². The van der Waals surface area contributed by atoms with Gasteiger partial charge in [-0.2, -0.15) is 4.39 Å². The second-order valence-corrected chi connectivity index (χ2v) is 8.84. The zero-order valence-corrected chi connectivity index (χ0v) is 15.6. The minimum Gasteiger partial charge on any atom is -0.465 e. The van der Waals surface area contributed by atoms with Gasteiger partial charge in [0, 0.05) is 28.7 Å². The molecule has 0 saturated heterocycles. The first-order valence-corrected chi connectivity index (χ1v) is 10.2. The maximum atomic E-state index is 14.2. The van der Waals surface area contributed by atoms with Gasteiger partial charge in [-0.3, -0.25) is 0 Å². The SMILES string of the molecule is O=C(O)NCCc1cc(-c2cccnc2F)c(S(=O)(=O)c2ccccc2)s1. The number of rotatable bonds is 6. The Hall–Kier alpha value is -2.78. The van der Waals surface area contributed by atoms with E-state index < -0.39 is 21.9 Å². The summed E-state index contributed by atoms with van der Waals surface area (Å²) < 4.78 is 40.4. The molecule has 1 aromatic carbocycles. The van der Waals surface area contributed by atoms with E-state index >= 15 is 0 Å². The Kier molecular flexibility index (Phi) is 5.52. The average molecular weight is 406 g/mol. The molecular formula is C18H15FN2O4S2. The Morgan fingerprint density at radius 2 is 1.89 bits per heavy atom. The maximum Gasteiger partial charge on any atom is 0.404 e. The summed E-state index contributed by atoms with van der Waals surface area (Å²) in [6.45, 7) is 0.121. The first kappa shape index (κ1) is 19.0. The summed E-state index contributed by atoms with van der Waals surface area (Å²) in [5, 5.41) is 10.9. The van der Waals surface area contributed by atoms with Crippen LogP contribution in [-0.4, -0.2) is 31.1 Å². The van der Waals surface area contributed by atoms with Crippen molar-refractivity contribution in [2.75, 3.05) is 6.54 Å². The molecule has 1 amide bonds. The third-order valence-corrected chi connectivity index (χ3v) is 7.24. The summed E-state index contributed by atoms with van der Waals surface area (Å²) in [6, 6.07) is 12.5. The molecule has 0 aliphatic rings. The highest BCUT2D eigenvalue weighted by atomic mass is 32.2. The number of aromatic nitrogens is 1. The first-order chi connectivity index (χ1) is 12.9. The molecule has 2 aromatic heterocycles. The third-order valence-electron chi connectivity index (χ3n) is 3.74. The van der Waals surface area contributed by atoms with Gasteiger partial charge in [0.05, 0.1) is 4.90 Å². The molecule has 0 unspecified atom stereocenters. The van der Waals surface area contributed by atoms with Gasteiger partial charge >= 0.3 is 6.09 Å². The fourth-order valence-electron chi connectivity index (χ4n) is 2.52. The Morgan fingerprint density at radius 1 is 1.15 bits per heavy atom. The number of sulfone groups is 1. The summed E-state index contributed by atoms with van der Waals surface area (Å²) in [7, 11) is -3.87. The molecule has 27 heavy (non-hydrogen) atoms. The van der Waals surface area contributed by atoms with E-state index in [2.05, 4.69) is 10.3 Å². The molecule has 2 N–H and O–H groups in total. The summed E-state index contributed by atoms with van der Waals surface area (Å²) >= 11 is 1.00. The Balaban J connectivity index is 2.10. The molecule has 0 atom stereocenters. The number of thiophene rings is 1. The minimum absolute atomic E-state index is 0.00549. The van der Waals surface area contributed by atoms with Crippen LogP contribution in [0.1, 0.15) is 4.88 Å². The Bertz CT molecular complexity index is 1070. The normalized spacial score (nSPS) is 11.3. The highest BCUT2D eigenvalue weighted by molar-refractivity contribution is 7.93. The molecule has 0 radical (unpaired) electrons. The molecule has 0 fully saturated rings. The van der Waals surface area contributed by atoms with E-state index in [9.17, 15) is 17.6 Å². The highest BCUT2D eigenvalue weighted by Crippen LogP contribution is 2.39. The van der Waals surface area contributed by atoms with Crippen LogP contribution in [0.4, 0.5) is 9.18 Å². The summed E-state index contributed by atoms with van der Waals surface area (Å²) in [5.74, 6) is -0.768. The van der Waals surface area contributed by atoms with Crippen LogP contribution < -0.4 is 5.32 Å². The van der Waals surface area contributed by atoms with Crippen LogP contribution in [0.2, 0.25) is 0 Å². The number of hydrogen-bond acceptors (Lipinski definition) is 5. The van der Waals surface area contributed by atoms with E-state index in [-0.39, 0.29) is 33.2 Å². The molecule has 6 nitrogen and oxygen atoms in total. The number of halogens is 1. The van der Waals surface area contributed by atoms with Gasteiger partial charge in [-0.05, 0) is 36.8 Å². The summed E-state index contributed by atoms with van der Waals surface area (Å²) in [6.07, 6.45) is 0.409. The molecule has 9 heteroatoms. The van der Waals surface area contributed by atoms with Gasteiger partial charge in [-0.25, -0.2) is 18.2 Å². The molecule has 0 bridgehead atoms. The van der Waals surface area contributed by atoms with Crippen molar-refractivity contribution in [1.29, 1.82) is 0 Å². The molecule has 140 valence electrons. The fourth-order valence-corrected chi connectivity index (χ4v) is 5.65. The first-order valence-electron chi connectivity index (χ1n) is 7.90. The van der Waals surface area contributed by atoms with Crippen molar-refractivity contribution in [3.8, 4) is 11.1 Å². The summed E-state index contributed by atoms with van der Waals surface area (Å²) in [5.41, 5.74) is 0.306. The predicted octanol–water partition coefficient (Wildman–Crippen LogP) is 3.59. The van der Waals surface area contributed by atoms with Crippen LogP contribution in [0, 0.1) is 5.95 Å². The van der Waals surface area contributed by atoms with Crippen molar-refractivity contribution < 1.29 is 22.7 Å². The lowest BCUT2D eigenvalue weighted by atomic mass is 10.1. The van der Waals surface area contributed by atoms with Gasteiger partial charge in [0.2, 0.25) is 15.8 Å². The van der Waals surface area contributed by atoms with Gasteiger partial charge in [0.15, 0.2) is 0 Å². The molecule has 0 aliphatic heterocycles. The van der Waals surface area contributed by atoms with Crippen molar-refractivity contribution in [2.24, 2.45) is 0 Å². The van der Waals surface area contributed by atoms with Crippen LogP contribution in [0.5, 0.6) is 0 Å². The molecular weight excluding hydrogens is 391 g/mol. The third kappa shape index (κ3) is 4.15. The van der Waals surface area contributed by atoms with Crippen molar-refractivity contribution in [3.63, 3.8) is 0 Å². The number of carboxylic acid groups (broad SMARTS) is 1. The number of amides is 1. The van der Waals surface area contributed by atoms with Crippen LogP contribution >= 0.6 is 11.3 Å². The monoisotopic (exact) mass is 406 g/mol. The largest absolute Gasteiger partial charge is 0.465 e. The Labute approximate surface area is 159 Å². The predicted molar refractivity (Wildman–Crippen MR) is 99.1 cm³/mol. The molecule has 0 spiro atoms. The lowest BCUT2D eigenvalue weighted by molar-refractivity contribution is 0.194. The zero-order valence-electron chi connectivity index (χ0n) is 13.9. The lowest BCUT2D eigenvalue weighted by Crippen LogP contribution is -2.22. The lowest BCUT2D eigenvalue weighted by Gasteiger charge is -2.06. The number of benzene rings is 1. The molecule has 0 saturated carbocycles. The topological polar surface area (TPSA) is 96.4 Å².